The third kappa shape index (κ3) is 4.35. The number of carbonyl (C=O) groups excluding carboxylic acids is 1. The van der Waals surface area contributed by atoms with Crippen LogP contribution in [0.2, 0.25) is 0 Å². The summed E-state index contributed by atoms with van der Waals surface area (Å²) >= 11 is 0. The largest absolute Gasteiger partial charge is 0.356 e. The van der Waals surface area contributed by atoms with Crippen LogP contribution in [0.1, 0.15) is 51.0 Å². The molecule has 2 N–H and O–H groups in total. The van der Waals surface area contributed by atoms with Crippen LogP contribution >= 0.6 is 0 Å². The highest BCUT2D eigenvalue weighted by Gasteiger charge is 2.35. The van der Waals surface area contributed by atoms with Crippen molar-refractivity contribution in [2.45, 2.75) is 57.5 Å². The van der Waals surface area contributed by atoms with Crippen LogP contribution in [0.3, 0.4) is 0 Å². The predicted molar refractivity (Wildman–Crippen MR) is 114 cm³/mol. The Morgan fingerprint density at radius 3 is 2.20 bits per heavy atom. The molecule has 0 aromatic heterocycles. The number of rotatable bonds is 3. The maximum atomic E-state index is 13.2. The third-order valence-electron chi connectivity index (χ3n) is 6.07. The van der Waals surface area contributed by atoms with Crippen molar-refractivity contribution in [1.82, 2.24) is 15.5 Å². The fourth-order valence-corrected chi connectivity index (χ4v) is 5.99. The van der Waals surface area contributed by atoms with Crippen molar-refractivity contribution in [1.29, 1.82) is 0 Å². The van der Waals surface area contributed by atoms with Crippen LogP contribution < -0.4 is 10.6 Å². The van der Waals surface area contributed by atoms with E-state index in [1.165, 1.54) is 37.1 Å². The smallest absolute Gasteiger partial charge is 0.315 e. The number of nitrogens with zero attached hydrogens (tertiary/aromatic N) is 2. The van der Waals surface area contributed by atoms with Gasteiger partial charge in [-0.15, -0.1) is 4.40 Å². The second-order valence-corrected chi connectivity index (χ2v) is 9.75. The summed E-state index contributed by atoms with van der Waals surface area (Å²) < 4.78 is 42.5. The minimum absolute atomic E-state index is 0.0575. The van der Waals surface area contributed by atoms with Crippen LogP contribution in [0, 0.1) is 5.82 Å². The lowest BCUT2D eigenvalue weighted by molar-refractivity contribution is 0.223. The summed E-state index contributed by atoms with van der Waals surface area (Å²) in [4.78, 5) is 14.3. The molecular formula is C21H27FN4O3S. The average Bonchev–Trinajstić information content (AvgIpc) is 3.29. The van der Waals surface area contributed by atoms with Gasteiger partial charge in [-0.1, -0.05) is 25.0 Å². The minimum atomic E-state index is -3.82. The summed E-state index contributed by atoms with van der Waals surface area (Å²) in [5.74, 6) is 0.0308. The van der Waals surface area contributed by atoms with E-state index in [9.17, 15) is 17.6 Å². The van der Waals surface area contributed by atoms with E-state index in [-0.39, 0.29) is 23.0 Å². The lowest BCUT2D eigenvalue weighted by Crippen LogP contribution is -2.50. The second kappa shape index (κ2) is 8.37. The number of benzene rings is 1. The Labute approximate surface area is 176 Å². The summed E-state index contributed by atoms with van der Waals surface area (Å²) in [7, 11) is -3.82. The minimum Gasteiger partial charge on any atom is -0.356 e. The summed E-state index contributed by atoms with van der Waals surface area (Å²) in [5.41, 5.74) is 1.01. The van der Waals surface area contributed by atoms with E-state index in [4.69, 9.17) is 0 Å². The molecular weight excluding hydrogens is 407 g/mol. The molecule has 9 heteroatoms. The summed E-state index contributed by atoms with van der Waals surface area (Å²) in [6.45, 7) is 2.95. The highest BCUT2D eigenvalue weighted by Crippen LogP contribution is 2.34. The Hall–Kier alpha value is -2.42. The number of urea groups is 1. The molecule has 30 heavy (non-hydrogen) atoms. The van der Waals surface area contributed by atoms with E-state index >= 15 is 0 Å². The Morgan fingerprint density at radius 2 is 1.60 bits per heavy atom. The molecule has 2 heterocycles. The van der Waals surface area contributed by atoms with E-state index in [0.717, 1.165) is 25.7 Å². The van der Waals surface area contributed by atoms with Crippen molar-refractivity contribution >= 4 is 26.8 Å². The van der Waals surface area contributed by atoms with Crippen LogP contribution in [-0.2, 0) is 10.0 Å². The topological polar surface area (TPSA) is 90.9 Å². The second-order valence-electron chi connectivity index (χ2n) is 8.21. The molecule has 1 saturated heterocycles. The number of hydrogen-bond donors (Lipinski definition) is 2. The van der Waals surface area contributed by atoms with Crippen molar-refractivity contribution in [3.63, 3.8) is 0 Å². The van der Waals surface area contributed by atoms with E-state index in [1.807, 2.05) is 4.90 Å². The number of likely N-dealkylation sites (tertiary alicyclic amines) is 1. The van der Waals surface area contributed by atoms with Gasteiger partial charge in [-0.3, -0.25) is 0 Å². The molecule has 0 unspecified atom stereocenters. The summed E-state index contributed by atoms with van der Waals surface area (Å²) in [6.07, 6.45) is 5.86. The first-order valence-corrected chi connectivity index (χ1v) is 11.9. The van der Waals surface area contributed by atoms with Crippen LogP contribution in [0.4, 0.5) is 9.18 Å². The van der Waals surface area contributed by atoms with Gasteiger partial charge in [0.05, 0.1) is 0 Å². The number of halogens is 1. The third-order valence-corrected chi connectivity index (χ3v) is 7.54. The molecule has 4 rings (SSSR count). The number of sulfonamides is 1. The summed E-state index contributed by atoms with van der Waals surface area (Å²) in [5, 5.41) is 6.08. The lowest BCUT2D eigenvalue weighted by atomic mass is 10.0. The van der Waals surface area contributed by atoms with Crippen molar-refractivity contribution in [2.75, 3.05) is 13.1 Å². The highest BCUT2D eigenvalue weighted by molar-refractivity contribution is 8.00. The molecule has 162 valence electrons. The van der Waals surface area contributed by atoms with Gasteiger partial charge in [-0.2, -0.15) is 8.42 Å². The zero-order chi connectivity index (χ0) is 21.3. The Balaban J connectivity index is 1.39. The molecule has 3 aliphatic rings. The Kier molecular flexibility index (Phi) is 5.81. The number of hydrogen-bond acceptors (Lipinski definition) is 4. The fraction of sp³-hybridized carbons (Fsp3) is 0.524. The van der Waals surface area contributed by atoms with Gasteiger partial charge in [0.2, 0.25) is 0 Å². The Morgan fingerprint density at radius 1 is 1.03 bits per heavy atom. The fourth-order valence-electron chi connectivity index (χ4n) is 4.50. The number of amidine groups is 1. The molecule has 0 atom stereocenters. The molecule has 7 nitrogen and oxygen atoms in total. The first kappa shape index (κ1) is 20.8. The molecule has 0 radical (unpaired) electrons. The quantitative estimate of drug-likeness (QED) is 0.765. The van der Waals surface area contributed by atoms with Gasteiger partial charge < -0.3 is 15.5 Å². The van der Waals surface area contributed by atoms with Crippen molar-refractivity contribution in [3.8, 4) is 0 Å². The van der Waals surface area contributed by atoms with E-state index < -0.39 is 15.8 Å². The maximum absolute atomic E-state index is 13.2. The van der Waals surface area contributed by atoms with Gasteiger partial charge in [0.1, 0.15) is 16.6 Å². The van der Waals surface area contributed by atoms with Crippen molar-refractivity contribution < 1.29 is 17.6 Å². The van der Waals surface area contributed by atoms with Crippen molar-refractivity contribution in [2.24, 2.45) is 4.40 Å². The van der Waals surface area contributed by atoms with Gasteiger partial charge in [0, 0.05) is 30.7 Å². The lowest BCUT2D eigenvalue weighted by Gasteiger charge is -2.34. The highest BCUT2D eigenvalue weighted by atomic mass is 32.2. The zero-order valence-corrected chi connectivity index (χ0v) is 17.8. The van der Waals surface area contributed by atoms with Crippen LogP contribution in [-0.4, -0.2) is 50.4 Å². The van der Waals surface area contributed by atoms with Crippen molar-refractivity contribution in [3.05, 3.63) is 41.2 Å². The molecule has 2 fully saturated rings. The maximum Gasteiger partial charge on any atom is 0.315 e. The molecule has 0 bridgehead atoms. The predicted octanol–water partition coefficient (Wildman–Crippen LogP) is 3.00. The molecule has 1 aliphatic carbocycles. The summed E-state index contributed by atoms with van der Waals surface area (Å²) in [6, 6.07) is 5.64. The molecule has 1 aromatic rings. The van der Waals surface area contributed by atoms with Gasteiger partial charge >= 0.3 is 6.03 Å². The number of piperidine rings is 1. The van der Waals surface area contributed by atoms with Crippen LogP contribution in [0.25, 0.3) is 4.91 Å². The number of nitrogens with one attached hydrogen (secondary N) is 2. The standard InChI is InChI=1S/C21H27FN4O3S/c1-14-19(15-6-8-16(22)9-7-15)30(28,29)25-20(14)26-12-10-18(11-13-26)24-21(27)23-17-4-2-3-5-17/h6-9,17-18H,2-5,10-13H2,1H3,(H2,23,24,27). The van der Waals surface area contributed by atoms with Gasteiger partial charge in [-0.25, -0.2) is 9.18 Å². The van der Waals surface area contributed by atoms with E-state index in [2.05, 4.69) is 15.0 Å². The Bertz CT molecular complexity index is 974. The van der Waals surface area contributed by atoms with E-state index in [0.29, 0.717) is 30.1 Å². The average molecular weight is 435 g/mol. The number of amides is 2. The monoisotopic (exact) mass is 434 g/mol. The van der Waals surface area contributed by atoms with Crippen LogP contribution in [0.5, 0.6) is 0 Å². The molecule has 0 spiro atoms. The first-order chi connectivity index (χ1) is 14.3. The first-order valence-electron chi connectivity index (χ1n) is 10.5. The normalized spacial score (nSPS) is 22.3. The molecule has 2 aliphatic heterocycles. The SMILES string of the molecule is CC1=C(c2ccc(F)cc2)S(=O)(=O)N=C1N1CCC(NC(=O)NC2CCCC2)CC1. The molecule has 1 saturated carbocycles. The van der Waals surface area contributed by atoms with Crippen LogP contribution in [0.15, 0.2) is 34.2 Å². The van der Waals surface area contributed by atoms with Gasteiger partial charge in [0.15, 0.2) is 0 Å². The van der Waals surface area contributed by atoms with E-state index in [1.54, 1.807) is 6.92 Å². The molecule has 2 amide bonds. The van der Waals surface area contributed by atoms with Gasteiger partial charge in [0.25, 0.3) is 10.0 Å². The molecule has 1 aromatic carbocycles. The van der Waals surface area contributed by atoms with Gasteiger partial charge in [-0.05, 0) is 50.3 Å². The number of carbonyl (C=O) groups is 1. The zero-order valence-electron chi connectivity index (χ0n) is 17.0.